The highest BCUT2D eigenvalue weighted by molar-refractivity contribution is 7.98. The number of amides is 6. The molecule has 0 aliphatic carbocycles. The van der Waals surface area contributed by atoms with Gasteiger partial charge in [-0.3, -0.25) is 78.5 Å². The van der Waals surface area contributed by atoms with E-state index in [1.54, 1.807) is 154 Å². The monoisotopic (exact) mass is 1990 g/mol. The molecule has 12 rings (SSSR count). The van der Waals surface area contributed by atoms with Crippen LogP contribution in [0.5, 0.6) is 0 Å². The van der Waals surface area contributed by atoms with Crippen molar-refractivity contribution >= 4 is 105 Å². The van der Waals surface area contributed by atoms with Crippen LogP contribution in [0, 0.1) is 150 Å². The van der Waals surface area contributed by atoms with Crippen molar-refractivity contribution in [2.24, 2.45) is 11.8 Å². The number of alkyl halides is 3. The van der Waals surface area contributed by atoms with E-state index in [0.717, 1.165) is 41.6 Å². The number of carbonyl (C=O) groups is 6. The summed E-state index contributed by atoms with van der Waals surface area (Å²) in [6.07, 6.45) is 54.6. The van der Waals surface area contributed by atoms with Gasteiger partial charge < -0.3 is 9.47 Å². The fourth-order valence-corrected chi connectivity index (χ4v) is 13.7. The zero-order valence-corrected chi connectivity index (χ0v) is 82.4. The molecule has 0 aliphatic rings. The molecule has 32 nitrogen and oxygen atoms in total. The molecule has 1 atom stereocenters. The molecule has 1 unspecified atom stereocenters. The maximum Gasteiger partial charge on any atom is 0.415 e. The van der Waals surface area contributed by atoms with Gasteiger partial charge in [-0.25, -0.2) is 59.6 Å². The highest BCUT2D eigenvalue weighted by Gasteiger charge is 2.33. The Hall–Kier alpha value is -15.6. The molecule has 12 aromatic heterocycles. The number of carbonyl (C=O) groups excluding carboxylic acids is 6. The van der Waals surface area contributed by atoms with Crippen LogP contribution >= 0.6 is 35.1 Å². The van der Waals surface area contributed by atoms with Crippen molar-refractivity contribution < 1.29 is 73.4 Å². The Balaban J connectivity index is 0.000000230. The van der Waals surface area contributed by atoms with Crippen LogP contribution < -0.4 is 29.4 Å². The Kier molecular flexibility index (Phi) is 42.1. The van der Waals surface area contributed by atoms with Gasteiger partial charge in [0.1, 0.15) is 46.0 Å². The average molecular weight is 2000 g/mol. The number of ether oxygens (including phenoxy) is 2. The molecule has 6 amide bonds. The third-order valence-corrected chi connectivity index (χ3v) is 20.5. The topological polar surface area (TPSA) is 325 Å². The molecule has 43 heteroatoms. The lowest BCUT2D eigenvalue weighted by molar-refractivity contribution is -0.143. The van der Waals surface area contributed by atoms with Crippen LogP contribution in [0.4, 0.5) is 78.8 Å². The lowest BCUT2D eigenvalue weighted by Gasteiger charge is -2.25. The Bertz CT molecular complexity index is 6580. The molecule has 0 fully saturated rings. The summed E-state index contributed by atoms with van der Waals surface area (Å²) in [6, 6.07) is 10.0. The number of rotatable bonds is 27. The molecule has 12 heterocycles. The van der Waals surface area contributed by atoms with Crippen LogP contribution in [0.1, 0.15) is 110 Å². The fraction of sp³-hybridized carbons (Fsp3) is 0.327. The van der Waals surface area contributed by atoms with Crippen LogP contribution in [-0.2, 0) is 28.7 Å². The summed E-state index contributed by atoms with van der Waals surface area (Å²) in [5, 5.41) is 25.8. The quantitative estimate of drug-likeness (QED) is 0.0341. The molecule has 0 N–H and O–H groups in total. The Morgan fingerprint density at radius 2 is 0.681 bits per heavy atom. The van der Waals surface area contributed by atoms with Crippen molar-refractivity contribution in [2.75, 3.05) is 92.7 Å². The maximum absolute atomic E-state index is 13.4. The van der Waals surface area contributed by atoms with Gasteiger partial charge in [0.15, 0.2) is 5.15 Å². The summed E-state index contributed by atoms with van der Waals surface area (Å²) in [4.78, 5) is 105. The smallest absolute Gasteiger partial charge is 0.415 e. The number of anilines is 6. The van der Waals surface area contributed by atoms with Crippen LogP contribution in [0.3, 0.4) is 0 Å². The van der Waals surface area contributed by atoms with E-state index in [0.29, 0.717) is 103 Å². The molecule has 0 bridgehead atoms. The maximum atomic E-state index is 13.4. The van der Waals surface area contributed by atoms with Crippen molar-refractivity contribution in [3.63, 3.8) is 0 Å². The number of aryl methyl sites for hydroxylation is 5. The molecular formula is C98H103ClF8N24O8S2. The first-order valence-corrected chi connectivity index (χ1v) is 45.8. The number of thioether (sulfide) groups is 2. The first-order chi connectivity index (χ1) is 66.7. The molecule has 0 spiro atoms. The largest absolute Gasteiger partial charge is 0.443 e. The van der Waals surface area contributed by atoms with E-state index in [1.807, 2.05) is 39.3 Å². The van der Waals surface area contributed by atoms with Crippen LogP contribution in [0.2, 0.25) is 5.15 Å². The number of hydrogen-bond donors (Lipinski definition) is 0. The van der Waals surface area contributed by atoms with E-state index >= 15 is 0 Å². The van der Waals surface area contributed by atoms with Gasteiger partial charge in [-0.05, 0) is 101 Å². The van der Waals surface area contributed by atoms with Gasteiger partial charge in [0, 0.05) is 72.7 Å². The van der Waals surface area contributed by atoms with Gasteiger partial charge in [-0.15, -0.1) is 38.5 Å². The molecule has 12 aromatic rings. The normalized spacial score (nSPS) is 11.0. The third-order valence-electron chi connectivity index (χ3n) is 18.8. The Morgan fingerprint density at radius 3 is 0.972 bits per heavy atom. The minimum Gasteiger partial charge on any atom is -0.443 e. The molecular weight excluding hydrogens is 1890 g/mol. The van der Waals surface area contributed by atoms with Crippen LogP contribution in [0.25, 0.3) is 34.1 Å². The number of hydrogen-bond acceptors (Lipinski definition) is 22. The summed E-state index contributed by atoms with van der Waals surface area (Å²) < 4.78 is 123. The molecule has 0 aliphatic heterocycles. The number of aromatic nitrogens is 18. The molecule has 738 valence electrons. The van der Waals surface area contributed by atoms with E-state index in [1.165, 1.54) is 115 Å². The minimum absolute atomic E-state index is 0.0212. The second kappa shape index (κ2) is 52.8. The van der Waals surface area contributed by atoms with Gasteiger partial charge in [0.25, 0.3) is 0 Å². The van der Waals surface area contributed by atoms with Crippen molar-refractivity contribution in [3.05, 3.63) is 217 Å². The van der Waals surface area contributed by atoms with Crippen molar-refractivity contribution in [1.29, 1.82) is 0 Å². The number of terminal acetylenes is 6. The van der Waals surface area contributed by atoms with E-state index in [9.17, 15) is 63.9 Å². The summed E-state index contributed by atoms with van der Waals surface area (Å²) in [7, 11) is 0. The molecule has 0 saturated heterocycles. The lowest BCUT2D eigenvalue weighted by Crippen LogP contribution is -2.37. The van der Waals surface area contributed by atoms with Gasteiger partial charge in [-0.2, -0.15) is 67.3 Å². The van der Waals surface area contributed by atoms with Crippen LogP contribution in [0.15, 0.2) is 154 Å². The lowest BCUT2D eigenvalue weighted by atomic mass is 10.1. The molecule has 141 heavy (non-hydrogen) atoms. The number of pyridine rings is 6. The highest BCUT2D eigenvalue weighted by Crippen LogP contribution is 2.33. The number of nitrogens with zero attached hydrogens (tertiary/aromatic N) is 24. The predicted molar refractivity (Wildman–Crippen MR) is 527 cm³/mol. The van der Waals surface area contributed by atoms with E-state index < -0.39 is 77.4 Å². The average Bonchev–Trinajstić information content (AvgIpc) is 2.45. The second-order valence-electron chi connectivity index (χ2n) is 32.5. The van der Waals surface area contributed by atoms with E-state index in [4.69, 9.17) is 59.6 Å². The van der Waals surface area contributed by atoms with Gasteiger partial charge in [0.05, 0.1) is 242 Å². The van der Waals surface area contributed by atoms with Crippen LogP contribution in [-0.4, -0.2) is 205 Å². The van der Waals surface area contributed by atoms with Crippen molar-refractivity contribution in [1.82, 2.24) is 88.6 Å². The summed E-state index contributed by atoms with van der Waals surface area (Å²) >= 11 is 9.38. The first-order valence-electron chi connectivity index (χ1n) is 42.6. The number of halogens is 9. The van der Waals surface area contributed by atoms with Crippen molar-refractivity contribution in [2.45, 2.75) is 134 Å². The zero-order chi connectivity index (χ0) is 104. The predicted octanol–water partition coefficient (Wildman–Crippen LogP) is 16.9. The Morgan fingerprint density at radius 1 is 0.397 bits per heavy atom. The molecule has 0 radical (unpaired) electrons. The van der Waals surface area contributed by atoms with Gasteiger partial charge in [0.2, 0.25) is 23.6 Å². The van der Waals surface area contributed by atoms with Crippen molar-refractivity contribution in [3.8, 4) is 108 Å². The van der Waals surface area contributed by atoms with Gasteiger partial charge in [-0.1, -0.05) is 67.9 Å². The Labute approximate surface area is 825 Å². The molecule has 0 aromatic carbocycles. The zero-order valence-electron chi connectivity index (χ0n) is 80.0. The molecule has 0 saturated carbocycles. The van der Waals surface area contributed by atoms with E-state index in [2.05, 4.69) is 96.0 Å². The highest BCUT2D eigenvalue weighted by atomic mass is 35.5. The first kappa shape index (κ1) is 112. The summed E-state index contributed by atoms with van der Waals surface area (Å²) in [6.45, 7) is 25.1. The third kappa shape index (κ3) is 33.6. The summed E-state index contributed by atoms with van der Waals surface area (Å²) in [5.41, 5.74) is 7.42. The fourth-order valence-electron chi connectivity index (χ4n) is 12.5. The van der Waals surface area contributed by atoms with E-state index in [-0.39, 0.29) is 79.7 Å². The summed E-state index contributed by atoms with van der Waals surface area (Å²) in [5.74, 6) is 12.3. The standard InChI is InChI=1S/C17H19FN4O2.C17H19FN4OS.C16H17ClN4O2.C16H14F4N4O.C16H17FN4OS.C16H17FN4O/c1-6-7-21(16(23)24-17(3,4)5)15-11-22(20-12(15)2)14-8-13(18)9-19-10-14;1-5-6-21(17(23)12(2)11-24-4)16-10-22(20-13(16)3)15-7-14(18)8-19-9-15;1-5-9-20(15(22)23-16(2,3)4)13-11-21(19-14(13)17)12-7-6-8-18-10-12;1-3-6-23(15(25)4-5-16(18,19)20)14-10-24(22-11(14)2)13-7-12(17)8-21-9-13;1-4-6-20(16(22)5-7-23-3)15-11-21(19-12(15)2)14-8-13(17)9-18-10-14;1-5-6-20(16(22)11(2)3)15-10-21(19-12(15)4)14-7-13(17)8-18-9-14/h1,8-11H,7H2,2-5H3;1,7-10,12H,6,11H2,2-4H3;1,6-8,10-11H,9H2,2-4H3;1,7-10H,4-6H2,2H3;1,8-11H,5-7H2,2-3H3;1,7-11H,6H2,2-4H3. The SMILES string of the molecule is C#CCN(C(=O)C(C)C)c1cn(-c2cncc(F)c2)nc1C.C#CCN(C(=O)C(C)CSC)c1cn(-c2cncc(F)c2)nc1C.C#CCN(C(=O)CCC(F)(F)F)c1cn(-c2cncc(F)c2)nc1C.C#CCN(C(=O)CCSC)c1cn(-c2cncc(F)c2)nc1C.C#CCN(C(=O)OC(C)(C)C)c1cn(-c2cccnc2)nc1Cl.C#CCN(C(=O)OC(C)(C)C)c1cn(-c2cncc(F)c2)nc1C. The van der Waals surface area contributed by atoms with Gasteiger partial charge >= 0.3 is 18.4 Å². The minimum atomic E-state index is -4.44. The second-order valence-corrected chi connectivity index (χ2v) is 34.8.